The molecule has 3 aromatic rings. The highest BCUT2D eigenvalue weighted by molar-refractivity contribution is 7.61. The lowest BCUT2D eigenvalue weighted by Gasteiger charge is -2.01. The van der Waals surface area contributed by atoms with Crippen LogP contribution in [0.25, 0.3) is 0 Å². The lowest BCUT2D eigenvalue weighted by Crippen LogP contribution is -2.04. The Morgan fingerprint density at radius 1 is 0.692 bits per heavy atom. The highest BCUT2D eigenvalue weighted by Gasteiger charge is 2.03. The van der Waals surface area contributed by atoms with Gasteiger partial charge < -0.3 is 10.3 Å². The van der Waals surface area contributed by atoms with E-state index in [0.717, 1.165) is 10.6 Å². The van der Waals surface area contributed by atoms with Crippen molar-refractivity contribution in [2.45, 2.75) is 20.8 Å². The van der Waals surface area contributed by atoms with Crippen molar-refractivity contribution in [3.8, 4) is 0 Å². The van der Waals surface area contributed by atoms with E-state index >= 15 is 0 Å². The molecule has 0 bridgehead atoms. The maximum Gasteiger partial charge on any atom is 0.204 e. The molecule has 136 valence electrons. The summed E-state index contributed by atoms with van der Waals surface area (Å²) in [5.74, 6) is 0. The van der Waals surface area contributed by atoms with Crippen LogP contribution < -0.4 is 16.3 Å². The molecule has 3 rings (SSSR count). The van der Waals surface area contributed by atoms with Crippen LogP contribution in [0.3, 0.4) is 0 Å². The molecule has 0 atom stereocenters. The summed E-state index contributed by atoms with van der Waals surface area (Å²) < 4.78 is 12.0. The van der Waals surface area contributed by atoms with Crippen molar-refractivity contribution in [1.29, 1.82) is 0 Å². The monoisotopic (exact) mass is 367 g/mol. The number of carbonyl (C=O) groups excluding carboxylic acids is 1. The maximum atomic E-state index is 12.0. The van der Waals surface area contributed by atoms with Crippen LogP contribution in [0.5, 0.6) is 0 Å². The third-order valence-electron chi connectivity index (χ3n) is 3.44. The van der Waals surface area contributed by atoms with Gasteiger partial charge in [-0.05, 0) is 20.8 Å². The minimum atomic E-state index is -1.79. The van der Waals surface area contributed by atoms with Gasteiger partial charge in [0.15, 0.2) is 0 Å². The van der Waals surface area contributed by atoms with Gasteiger partial charge in [-0.25, -0.2) is 0 Å². The third-order valence-corrected chi connectivity index (χ3v) is 5.15. The van der Waals surface area contributed by atoms with Crippen molar-refractivity contribution in [3.05, 3.63) is 95.6 Å². The Balaban J connectivity index is 0.000000243. The van der Waals surface area contributed by atoms with Crippen LogP contribution >= 0.6 is 7.80 Å². The van der Waals surface area contributed by atoms with Crippen LogP contribution in [0.2, 0.25) is 0 Å². The molecular weight excluding hydrogens is 341 g/mol. The van der Waals surface area contributed by atoms with Crippen LogP contribution in [-0.2, 0) is 9.36 Å². The van der Waals surface area contributed by atoms with E-state index in [1.54, 1.807) is 0 Å². The van der Waals surface area contributed by atoms with Crippen LogP contribution in [0.4, 0.5) is 0 Å². The fourth-order valence-electron chi connectivity index (χ4n) is 2.55. The molecule has 0 radical (unpaired) electrons. The summed E-state index contributed by atoms with van der Waals surface area (Å²) >= 11 is 0. The number of aryl methyl sites for hydroxylation is 3. The van der Waals surface area contributed by atoms with Gasteiger partial charge in [-0.1, -0.05) is 95.6 Å². The maximum absolute atomic E-state index is 12.0. The molecule has 26 heavy (non-hydrogen) atoms. The van der Waals surface area contributed by atoms with Gasteiger partial charge in [0.2, 0.25) is 6.41 Å². The van der Waals surface area contributed by atoms with E-state index in [4.69, 9.17) is 4.79 Å². The second kappa shape index (κ2) is 11.8. The van der Waals surface area contributed by atoms with Gasteiger partial charge in [0.05, 0.1) is 0 Å². The zero-order chi connectivity index (χ0) is 19.4. The number of amides is 1. The van der Waals surface area contributed by atoms with E-state index in [0.29, 0.717) is 0 Å². The first-order valence-electron chi connectivity index (χ1n) is 8.33. The standard InChI is InChI=1S/C12H11OP.C9H12.CH3NO/c13-14(11-7-3-1-4-8-11)12-9-5-2-6-10-12;1-7-4-8(2)6-9(3)5-7;2-1-3/h1-10,14H;4-6H,1-3H3;1H,(H2,2,3). The van der Waals surface area contributed by atoms with Gasteiger partial charge in [-0.3, -0.25) is 4.79 Å². The Hall–Kier alpha value is -2.64. The number of rotatable bonds is 2. The summed E-state index contributed by atoms with van der Waals surface area (Å²) in [6, 6.07) is 25.7. The van der Waals surface area contributed by atoms with Gasteiger partial charge in [0, 0.05) is 10.6 Å². The first-order chi connectivity index (χ1) is 12.5. The van der Waals surface area contributed by atoms with Crippen molar-refractivity contribution >= 4 is 24.8 Å². The zero-order valence-electron chi connectivity index (χ0n) is 15.5. The summed E-state index contributed by atoms with van der Waals surface area (Å²) in [6.07, 6.45) is 0.250. The SMILES string of the molecule is Cc1cc(C)cc(C)c1.NC=O.O=[PH](c1ccccc1)c1ccccc1. The van der Waals surface area contributed by atoms with Crippen molar-refractivity contribution < 1.29 is 9.36 Å². The Morgan fingerprint density at radius 2 is 0.962 bits per heavy atom. The lowest BCUT2D eigenvalue weighted by molar-refractivity contribution is -0.106. The number of nitrogens with two attached hydrogens (primary N) is 1. The molecule has 0 unspecified atom stereocenters. The van der Waals surface area contributed by atoms with Gasteiger partial charge in [-0.15, -0.1) is 0 Å². The summed E-state index contributed by atoms with van der Waals surface area (Å²) in [6.45, 7) is 6.38. The molecule has 0 aromatic heterocycles. The largest absolute Gasteiger partial charge is 0.372 e. The summed E-state index contributed by atoms with van der Waals surface area (Å²) in [5.41, 5.74) is 8.23. The molecular formula is C22H26NO2P. The second-order valence-corrected chi connectivity index (χ2v) is 7.68. The highest BCUT2D eigenvalue weighted by Crippen LogP contribution is 2.18. The quantitative estimate of drug-likeness (QED) is 0.551. The first kappa shape index (κ1) is 21.4. The van der Waals surface area contributed by atoms with E-state index < -0.39 is 7.80 Å². The average Bonchev–Trinajstić information content (AvgIpc) is 2.63. The van der Waals surface area contributed by atoms with Gasteiger partial charge in [0.25, 0.3) is 0 Å². The minimum absolute atomic E-state index is 0.250. The first-order valence-corrected chi connectivity index (χ1v) is 9.73. The van der Waals surface area contributed by atoms with E-state index in [9.17, 15) is 4.57 Å². The fraction of sp³-hybridized carbons (Fsp3) is 0.136. The minimum Gasteiger partial charge on any atom is -0.372 e. The Labute approximate surface area is 156 Å². The summed E-state index contributed by atoms with van der Waals surface area (Å²) in [5, 5.41) is 1.84. The normalized spacial score (nSPS) is 9.38. The Bertz CT molecular complexity index is 726. The van der Waals surface area contributed by atoms with E-state index in [1.165, 1.54) is 16.7 Å². The van der Waals surface area contributed by atoms with Crippen molar-refractivity contribution in [1.82, 2.24) is 0 Å². The molecule has 0 aliphatic carbocycles. The molecule has 4 heteroatoms. The Kier molecular flexibility index (Phi) is 9.74. The number of carbonyl (C=O) groups is 1. The predicted octanol–water partition coefficient (Wildman–Crippen LogP) is 3.91. The topological polar surface area (TPSA) is 60.2 Å². The molecule has 0 aliphatic rings. The molecule has 0 saturated heterocycles. The van der Waals surface area contributed by atoms with E-state index in [1.807, 2.05) is 60.7 Å². The number of primary amides is 1. The molecule has 1 amide bonds. The molecule has 0 spiro atoms. The lowest BCUT2D eigenvalue weighted by atomic mass is 10.1. The predicted molar refractivity (Wildman–Crippen MR) is 112 cm³/mol. The Morgan fingerprint density at radius 3 is 1.23 bits per heavy atom. The van der Waals surface area contributed by atoms with Gasteiger partial charge >= 0.3 is 0 Å². The zero-order valence-corrected chi connectivity index (χ0v) is 16.5. The second-order valence-electron chi connectivity index (χ2n) is 5.86. The van der Waals surface area contributed by atoms with Crippen molar-refractivity contribution in [3.63, 3.8) is 0 Å². The smallest absolute Gasteiger partial charge is 0.204 e. The highest BCUT2D eigenvalue weighted by atomic mass is 31.1. The van der Waals surface area contributed by atoms with Crippen LogP contribution in [0.15, 0.2) is 78.9 Å². The number of hydrogen-bond acceptors (Lipinski definition) is 2. The van der Waals surface area contributed by atoms with Gasteiger partial charge in [-0.2, -0.15) is 0 Å². The molecule has 3 aromatic carbocycles. The number of hydrogen-bond donors (Lipinski definition) is 1. The molecule has 2 N–H and O–H groups in total. The van der Waals surface area contributed by atoms with Crippen LogP contribution in [0.1, 0.15) is 16.7 Å². The summed E-state index contributed by atoms with van der Waals surface area (Å²) in [7, 11) is -1.79. The average molecular weight is 367 g/mol. The van der Waals surface area contributed by atoms with Crippen LogP contribution in [-0.4, -0.2) is 6.41 Å². The molecule has 0 heterocycles. The molecule has 0 saturated carbocycles. The molecule has 0 aliphatic heterocycles. The molecule has 3 nitrogen and oxygen atoms in total. The molecule has 0 fully saturated rings. The summed E-state index contributed by atoms with van der Waals surface area (Å²) in [4.78, 5) is 8.58. The van der Waals surface area contributed by atoms with Gasteiger partial charge in [0.1, 0.15) is 7.80 Å². The number of benzene rings is 3. The van der Waals surface area contributed by atoms with Crippen LogP contribution in [0, 0.1) is 20.8 Å². The fourth-order valence-corrected chi connectivity index (χ4v) is 3.87. The third kappa shape index (κ3) is 7.96. The van der Waals surface area contributed by atoms with Crippen molar-refractivity contribution in [2.24, 2.45) is 5.73 Å². The van der Waals surface area contributed by atoms with E-state index in [-0.39, 0.29) is 6.41 Å². The van der Waals surface area contributed by atoms with Crippen molar-refractivity contribution in [2.75, 3.05) is 0 Å². The van der Waals surface area contributed by atoms with E-state index in [2.05, 4.69) is 44.7 Å².